The Labute approximate surface area is 75.4 Å². The maximum Gasteiger partial charge on any atom is 0.252 e. The van der Waals surface area contributed by atoms with Gasteiger partial charge in [-0.2, -0.15) is 0 Å². The molecule has 0 saturated heterocycles. The van der Waals surface area contributed by atoms with Crippen LogP contribution >= 0.6 is 0 Å². The zero-order valence-corrected chi connectivity index (χ0v) is 6.95. The Morgan fingerprint density at radius 3 is 1.92 bits per heavy atom. The largest absolute Gasteiger partial charge is 0.365 e. The number of allylic oxidation sites excluding steroid dienone is 3. The topological polar surface area (TPSA) is 77.2 Å². The van der Waals surface area contributed by atoms with Gasteiger partial charge in [0.05, 0.1) is 5.57 Å². The molecule has 0 heterocycles. The molecule has 68 valence electrons. The molecule has 0 bridgehead atoms. The molecule has 0 aromatic heterocycles. The van der Waals surface area contributed by atoms with Crippen LogP contribution in [-0.4, -0.2) is 17.5 Å². The number of ketones is 2. The molecule has 13 heavy (non-hydrogen) atoms. The van der Waals surface area contributed by atoms with Gasteiger partial charge in [0.25, 0.3) is 5.91 Å². The number of rotatable bonds is 5. The number of hydrogen-bond donors (Lipinski definition) is 1. The molecular weight excluding hydrogens is 170 g/mol. The summed E-state index contributed by atoms with van der Waals surface area (Å²) in [5.41, 5.74) is 4.46. The first-order valence-electron chi connectivity index (χ1n) is 3.37. The summed E-state index contributed by atoms with van der Waals surface area (Å²) in [7, 11) is 0. The fourth-order valence-electron chi connectivity index (χ4n) is 0.575. The zero-order chi connectivity index (χ0) is 10.4. The Morgan fingerprint density at radius 2 is 1.62 bits per heavy atom. The maximum absolute atomic E-state index is 10.9. The summed E-state index contributed by atoms with van der Waals surface area (Å²) in [5.74, 6) is -2.19. The van der Waals surface area contributed by atoms with Crippen LogP contribution in [0.15, 0.2) is 37.0 Å². The Bertz CT molecular complexity index is 313. The zero-order valence-electron chi connectivity index (χ0n) is 6.95. The van der Waals surface area contributed by atoms with Gasteiger partial charge in [-0.3, -0.25) is 14.4 Å². The summed E-state index contributed by atoms with van der Waals surface area (Å²) in [6.07, 6.45) is 2.71. The first kappa shape index (κ1) is 11.0. The van der Waals surface area contributed by atoms with Gasteiger partial charge in [0.2, 0.25) is 0 Å². The highest BCUT2D eigenvalue weighted by atomic mass is 16.2. The Morgan fingerprint density at radius 1 is 1.08 bits per heavy atom. The molecule has 0 aromatic rings. The normalized spacial score (nSPS) is 10.3. The molecule has 2 N–H and O–H groups in total. The van der Waals surface area contributed by atoms with Crippen molar-refractivity contribution in [3.63, 3.8) is 0 Å². The van der Waals surface area contributed by atoms with Gasteiger partial charge in [-0.05, 0) is 12.2 Å². The fraction of sp³-hybridized carbons (Fsp3) is 0. The molecule has 0 radical (unpaired) electrons. The van der Waals surface area contributed by atoms with E-state index in [4.69, 9.17) is 5.73 Å². The second-order valence-corrected chi connectivity index (χ2v) is 2.10. The fourth-order valence-corrected chi connectivity index (χ4v) is 0.575. The monoisotopic (exact) mass is 179 g/mol. The van der Waals surface area contributed by atoms with E-state index in [0.717, 1.165) is 18.2 Å². The van der Waals surface area contributed by atoms with Gasteiger partial charge in [-0.1, -0.05) is 13.2 Å². The molecule has 0 unspecified atom stereocenters. The van der Waals surface area contributed by atoms with Crippen LogP contribution in [0.3, 0.4) is 0 Å². The van der Waals surface area contributed by atoms with Crippen LogP contribution in [0.5, 0.6) is 0 Å². The summed E-state index contributed by atoms with van der Waals surface area (Å²) < 4.78 is 0. The van der Waals surface area contributed by atoms with Gasteiger partial charge in [0, 0.05) is 6.08 Å². The smallest absolute Gasteiger partial charge is 0.252 e. The molecule has 0 atom stereocenters. The van der Waals surface area contributed by atoms with Crippen LogP contribution in [0, 0.1) is 0 Å². The SMILES string of the molecule is C=CC(=O)C=C(C(N)=O)C(=O)C=C. The summed E-state index contributed by atoms with van der Waals surface area (Å²) >= 11 is 0. The summed E-state index contributed by atoms with van der Waals surface area (Å²) in [6.45, 7) is 6.34. The van der Waals surface area contributed by atoms with E-state index in [-0.39, 0.29) is 5.57 Å². The van der Waals surface area contributed by atoms with E-state index in [1.54, 1.807) is 0 Å². The minimum Gasteiger partial charge on any atom is -0.365 e. The molecule has 4 heteroatoms. The van der Waals surface area contributed by atoms with Crippen LogP contribution < -0.4 is 5.73 Å². The van der Waals surface area contributed by atoms with Gasteiger partial charge in [0.15, 0.2) is 11.6 Å². The predicted molar refractivity (Wildman–Crippen MR) is 47.7 cm³/mol. The van der Waals surface area contributed by atoms with Crippen molar-refractivity contribution in [2.45, 2.75) is 0 Å². The van der Waals surface area contributed by atoms with E-state index < -0.39 is 17.5 Å². The van der Waals surface area contributed by atoms with E-state index >= 15 is 0 Å². The van der Waals surface area contributed by atoms with E-state index in [1.165, 1.54) is 0 Å². The quantitative estimate of drug-likeness (QED) is 0.364. The first-order valence-corrected chi connectivity index (χ1v) is 3.37. The van der Waals surface area contributed by atoms with E-state index in [0.29, 0.717) is 0 Å². The van der Waals surface area contributed by atoms with Gasteiger partial charge in [-0.15, -0.1) is 0 Å². The van der Waals surface area contributed by atoms with E-state index in [1.807, 2.05) is 0 Å². The lowest BCUT2D eigenvalue weighted by molar-refractivity contribution is -0.119. The van der Waals surface area contributed by atoms with Crippen molar-refractivity contribution in [3.8, 4) is 0 Å². The van der Waals surface area contributed by atoms with Crippen molar-refractivity contribution in [2.24, 2.45) is 5.73 Å². The molecule has 0 rings (SSSR count). The molecule has 0 saturated carbocycles. The maximum atomic E-state index is 10.9. The van der Waals surface area contributed by atoms with Crippen LogP contribution in [0.25, 0.3) is 0 Å². The highest BCUT2D eigenvalue weighted by molar-refractivity contribution is 6.26. The third-order valence-corrected chi connectivity index (χ3v) is 1.20. The van der Waals surface area contributed by atoms with Gasteiger partial charge in [-0.25, -0.2) is 0 Å². The Balaban J connectivity index is 5.02. The first-order chi connectivity index (χ1) is 6.02. The van der Waals surface area contributed by atoms with Gasteiger partial charge >= 0.3 is 0 Å². The molecule has 0 aliphatic carbocycles. The highest BCUT2D eigenvalue weighted by Gasteiger charge is 2.12. The lowest BCUT2D eigenvalue weighted by Gasteiger charge is -1.95. The third-order valence-electron chi connectivity index (χ3n) is 1.20. The minimum atomic E-state index is -0.958. The molecule has 4 nitrogen and oxygen atoms in total. The Hall–Kier alpha value is -1.97. The molecule has 0 aliphatic heterocycles. The molecule has 0 aromatic carbocycles. The van der Waals surface area contributed by atoms with Crippen molar-refractivity contribution < 1.29 is 14.4 Å². The number of primary amides is 1. The van der Waals surface area contributed by atoms with E-state index in [9.17, 15) is 14.4 Å². The number of hydrogen-bond acceptors (Lipinski definition) is 3. The van der Waals surface area contributed by atoms with Crippen LogP contribution in [0.4, 0.5) is 0 Å². The van der Waals surface area contributed by atoms with Crippen molar-refractivity contribution >= 4 is 17.5 Å². The number of carbonyl (C=O) groups is 3. The van der Waals surface area contributed by atoms with Gasteiger partial charge < -0.3 is 5.73 Å². The number of carbonyl (C=O) groups excluding carboxylic acids is 3. The molecule has 1 amide bonds. The summed E-state index contributed by atoms with van der Waals surface area (Å²) in [6, 6.07) is 0. The lowest BCUT2D eigenvalue weighted by atomic mass is 10.1. The summed E-state index contributed by atoms with van der Waals surface area (Å²) in [5, 5.41) is 0. The Kier molecular flexibility index (Phi) is 4.09. The second-order valence-electron chi connectivity index (χ2n) is 2.10. The number of nitrogens with two attached hydrogens (primary N) is 1. The average Bonchev–Trinajstić information content (AvgIpc) is 2.11. The van der Waals surface area contributed by atoms with Crippen molar-refractivity contribution in [1.29, 1.82) is 0 Å². The minimum absolute atomic E-state index is 0.389. The third kappa shape index (κ3) is 3.29. The van der Waals surface area contributed by atoms with Crippen molar-refractivity contribution in [2.75, 3.05) is 0 Å². The van der Waals surface area contributed by atoms with E-state index in [2.05, 4.69) is 13.2 Å². The highest BCUT2D eigenvalue weighted by Crippen LogP contribution is 1.97. The summed E-state index contributed by atoms with van der Waals surface area (Å²) in [4.78, 5) is 32.3. The van der Waals surface area contributed by atoms with Crippen LogP contribution in [0.2, 0.25) is 0 Å². The predicted octanol–water partition coefficient (Wildman–Crippen LogP) is -0.0917. The molecule has 0 aliphatic rings. The standard InChI is InChI=1S/C9H9NO3/c1-3-6(11)5-7(9(10)13)8(12)4-2/h3-5H,1-2H2,(H2,10,13). The molecule has 0 fully saturated rings. The second kappa shape index (κ2) is 4.82. The van der Waals surface area contributed by atoms with Crippen molar-refractivity contribution in [1.82, 2.24) is 0 Å². The van der Waals surface area contributed by atoms with Crippen LogP contribution in [0.1, 0.15) is 0 Å². The van der Waals surface area contributed by atoms with Crippen LogP contribution in [-0.2, 0) is 14.4 Å². The van der Waals surface area contributed by atoms with Gasteiger partial charge in [0.1, 0.15) is 0 Å². The average molecular weight is 179 g/mol. The molecule has 0 spiro atoms. The van der Waals surface area contributed by atoms with Crippen molar-refractivity contribution in [3.05, 3.63) is 37.0 Å². The number of amides is 1. The lowest BCUT2D eigenvalue weighted by Crippen LogP contribution is -2.20. The molecular formula is C9H9NO3.